The lowest BCUT2D eigenvalue weighted by atomic mass is 10.1. The third kappa shape index (κ3) is 4.59. The smallest absolute Gasteiger partial charge is 0.342 e. The number of hydrogen-bond acceptors (Lipinski definition) is 5. The molecule has 0 saturated heterocycles. The van der Waals surface area contributed by atoms with Crippen molar-refractivity contribution in [3.8, 4) is 0 Å². The molecule has 0 aliphatic rings. The van der Waals surface area contributed by atoms with Gasteiger partial charge in [-0.15, -0.1) is 0 Å². The van der Waals surface area contributed by atoms with Gasteiger partial charge >= 0.3 is 5.97 Å². The minimum Gasteiger partial charge on any atom is -0.457 e. The molecule has 0 aliphatic carbocycles. The van der Waals surface area contributed by atoms with Gasteiger partial charge in [0.1, 0.15) is 23.7 Å². The number of aryl methyl sites for hydroxylation is 3. The van der Waals surface area contributed by atoms with E-state index in [9.17, 15) is 9.59 Å². The van der Waals surface area contributed by atoms with Crippen molar-refractivity contribution in [1.29, 1.82) is 0 Å². The Hall–Kier alpha value is -3.54. The molecular formula is C22H21N3O3. The molecule has 28 heavy (non-hydrogen) atoms. The Balaban J connectivity index is 1.85. The summed E-state index contributed by atoms with van der Waals surface area (Å²) in [5.41, 5.74) is 3.03. The molecular weight excluding hydrogens is 354 g/mol. The van der Waals surface area contributed by atoms with Crippen LogP contribution in [0.4, 0.5) is 5.69 Å². The molecule has 0 radical (unpaired) electrons. The van der Waals surface area contributed by atoms with Gasteiger partial charge in [-0.2, -0.15) is 0 Å². The van der Waals surface area contributed by atoms with Crippen LogP contribution in [0.15, 0.2) is 54.6 Å². The van der Waals surface area contributed by atoms with Gasteiger partial charge in [-0.3, -0.25) is 4.79 Å². The first-order valence-corrected chi connectivity index (χ1v) is 8.88. The topological polar surface area (TPSA) is 81.2 Å². The maximum atomic E-state index is 12.8. The fourth-order valence-corrected chi connectivity index (χ4v) is 2.74. The first-order chi connectivity index (χ1) is 13.4. The lowest BCUT2D eigenvalue weighted by Gasteiger charge is -2.12. The minimum atomic E-state index is -0.629. The average molecular weight is 375 g/mol. The molecule has 3 aromatic rings. The summed E-state index contributed by atoms with van der Waals surface area (Å²) >= 11 is 0. The second-order valence-corrected chi connectivity index (χ2v) is 6.46. The van der Waals surface area contributed by atoms with Gasteiger partial charge in [0, 0.05) is 5.69 Å². The van der Waals surface area contributed by atoms with E-state index in [1.165, 1.54) is 0 Å². The van der Waals surface area contributed by atoms with Crippen molar-refractivity contribution in [3.63, 3.8) is 0 Å². The van der Waals surface area contributed by atoms with E-state index in [0.29, 0.717) is 17.2 Å². The largest absolute Gasteiger partial charge is 0.457 e. The maximum Gasteiger partial charge on any atom is 0.342 e. The highest BCUT2D eigenvalue weighted by Crippen LogP contribution is 2.17. The number of carbonyl (C=O) groups excluding carboxylic acids is 2. The molecule has 1 heterocycles. The van der Waals surface area contributed by atoms with Crippen molar-refractivity contribution < 1.29 is 14.3 Å². The van der Waals surface area contributed by atoms with E-state index in [1.807, 2.05) is 49.4 Å². The van der Waals surface area contributed by atoms with Gasteiger partial charge in [-0.25, -0.2) is 14.8 Å². The monoisotopic (exact) mass is 375 g/mol. The van der Waals surface area contributed by atoms with E-state index in [4.69, 9.17) is 4.74 Å². The summed E-state index contributed by atoms with van der Waals surface area (Å²) in [6.45, 7) is 5.40. The van der Waals surface area contributed by atoms with Gasteiger partial charge in [0.05, 0.1) is 5.69 Å². The first kappa shape index (κ1) is 19.2. The highest BCUT2D eigenvalue weighted by Gasteiger charge is 2.24. The van der Waals surface area contributed by atoms with E-state index >= 15 is 0 Å². The lowest BCUT2D eigenvalue weighted by molar-refractivity contribution is 0.0467. The SMILES string of the molecule is Cc1ccc(NC(=O)c2nc(C)nc(C)c2C(=O)OCc2ccccc2)cc1. The van der Waals surface area contributed by atoms with Gasteiger partial charge in [-0.05, 0) is 38.5 Å². The number of rotatable bonds is 5. The molecule has 2 aromatic carbocycles. The summed E-state index contributed by atoms with van der Waals surface area (Å²) in [5, 5.41) is 2.77. The molecule has 0 aliphatic heterocycles. The molecule has 1 amide bonds. The fourth-order valence-electron chi connectivity index (χ4n) is 2.74. The fraction of sp³-hybridized carbons (Fsp3) is 0.182. The zero-order valence-electron chi connectivity index (χ0n) is 16.0. The number of carbonyl (C=O) groups is 2. The maximum absolute atomic E-state index is 12.8. The molecule has 1 N–H and O–H groups in total. The Morgan fingerprint density at radius 1 is 0.929 bits per heavy atom. The number of aromatic nitrogens is 2. The van der Waals surface area contributed by atoms with Crippen LogP contribution < -0.4 is 5.32 Å². The molecule has 1 aromatic heterocycles. The van der Waals surface area contributed by atoms with Crippen molar-refractivity contribution >= 4 is 17.6 Å². The van der Waals surface area contributed by atoms with Crippen LogP contribution in [0.2, 0.25) is 0 Å². The van der Waals surface area contributed by atoms with Gasteiger partial charge in [-0.1, -0.05) is 48.0 Å². The van der Waals surface area contributed by atoms with Crippen LogP contribution in [0.3, 0.4) is 0 Å². The number of anilines is 1. The highest BCUT2D eigenvalue weighted by molar-refractivity contribution is 6.10. The molecule has 6 nitrogen and oxygen atoms in total. The predicted octanol–water partition coefficient (Wildman–Crippen LogP) is 4.01. The number of nitrogens with zero attached hydrogens (tertiary/aromatic N) is 2. The summed E-state index contributed by atoms with van der Waals surface area (Å²) in [6.07, 6.45) is 0. The number of benzene rings is 2. The molecule has 0 bridgehead atoms. The van der Waals surface area contributed by atoms with Crippen molar-refractivity contribution in [2.45, 2.75) is 27.4 Å². The molecule has 0 fully saturated rings. The van der Waals surface area contributed by atoms with Gasteiger partial charge in [0.15, 0.2) is 0 Å². The number of ether oxygens (including phenoxy) is 1. The first-order valence-electron chi connectivity index (χ1n) is 8.88. The van der Waals surface area contributed by atoms with Gasteiger partial charge < -0.3 is 10.1 Å². The van der Waals surface area contributed by atoms with E-state index in [2.05, 4.69) is 15.3 Å². The van der Waals surface area contributed by atoms with Crippen LogP contribution in [0.1, 0.15) is 43.5 Å². The Kier molecular flexibility index (Phi) is 5.79. The molecule has 3 rings (SSSR count). The van der Waals surface area contributed by atoms with Crippen LogP contribution in [-0.4, -0.2) is 21.8 Å². The number of amides is 1. The van der Waals surface area contributed by atoms with Crippen LogP contribution in [0.5, 0.6) is 0 Å². The Labute approximate surface area is 163 Å². The summed E-state index contributed by atoms with van der Waals surface area (Å²) in [6, 6.07) is 16.7. The van der Waals surface area contributed by atoms with Crippen LogP contribution in [0.25, 0.3) is 0 Å². The van der Waals surface area contributed by atoms with Crippen molar-refractivity contribution in [2.24, 2.45) is 0 Å². The van der Waals surface area contributed by atoms with Crippen molar-refractivity contribution in [1.82, 2.24) is 9.97 Å². The van der Waals surface area contributed by atoms with E-state index < -0.39 is 11.9 Å². The zero-order chi connectivity index (χ0) is 20.1. The number of hydrogen-bond donors (Lipinski definition) is 1. The summed E-state index contributed by atoms with van der Waals surface area (Å²) in [4.78, 5) is 33.9. The molecule has 0 atom stereocenters. The normalized spacial score (nSPS) is 10.4. The van der Waals surface area contributed by atoms with E-state index in [0.717, 1.165) is 11.1 Å². The van der Waals surface area contributed by atoms with Crippen molar-refractivity contribution in [3.05, 3.63) is 88.5 Å². The summed E-state index contributed by atoms with van der Waals surface area (Å²) in [5.74, 6) is -0.703. The highest BCUT2D eigenvalue weighted by atomic mass is 16.5. The summed E-state index contributed by atoms with van der Waals surface area (Å²) in [7, 11) is 0. The Morgan fingerprint density at radius 2 is 1.61 bits per heavy atom. The van der Waals surface area contributed by atoms with Crippen LogP contribution in [0, 0.1) is 20.8 Å². The standard InChI is InChI=1S/C22H21N3O3/c1-14-9-11-18(12-10-14)25-21(26)20-19(15(2)23-16(3)24-20)22(27)28-13-17-7-5-4-6-8-17/h4-12H,13H2,1-3H3,(H,25,26). The van der Waals surface area contributed by atoms with Gasteiger partial charge in [0.25, 0.3) is 5.91 Å². The predicted molar refractivity (Wildman–Crippen MR) is 106 cm³/mol. The van der Waals surface area contributed by atoms with Crippen LogP contribution >= 0.6 is 0 Å². The van der Waals surface area contributed by atoms with Crippen molar-refractivity contribution in [2.75, 3.05) is 5.32 Å². The second-order valence-electron chi connectivity index (χ2n) is 6.46. The molecule has 6 heteroatoms. The molecule has 0 unspecified atom stereocenters. The summed E-state index contributed by atoms with van der Waals surface area (Å²) < 4.78 is 5.39. The zero-order valence-corrected chi connectivity index (χ0v) is 16.0. The Morgan fingerprint density at radius 3 is 2.29 bits per heavy atom. The van der Waals surface area contributed by atoms with E-state index in [-0.39, 0.29) is 17.9 Å². The van der Waals surface area contributed by atoms with Crippen LogP contribution in [-0.2, 0) is 11.3 Å². The third-order valence-corrected chi connectivity index (χ3v) is 4.14. The molecule has 142 valence electrons. The second kappa shape index (κ2) is 8.43. The molecule has 0 saturated carbocycles. The quantitative estimate of drug-likeness (QED) is 0.682. The number of nitrogens with one attached hydrogen (secondary N) is 1. The third-order valence-electron chi connectivity index (χ3n) is 4.14. The lowest BCUT2D eigenvalue weighted by Crippen LogP contribution is -2.22. The number of esters is 1. The Bertz CT molecular complexity index is 1000. The average Bonchev–Trinajstić information content (AvgIpc) is 2.68. The van der Waals surface area contributed by atoms with Gasteiger partial charge in [0.2, 0.25) is 0 Å². The minimum absolute atomic E-state index is 0.00337. The molecule has 0 spiro atoms. The van der Waals surface area contributed by atoms with E-state index in [1.54, 1.807) is 26.0 Å².